The number of amides is 3. The Bertz CT molecular complexity index is 1170. The summed E-state index contributed by atoms with van der Waals surface area (Å²) in [6.07, 6.45) is 1.47. The van der Waals surface area contributed by atoms with Gasteiger partial charge in [0.15, 0.2) is 11.5 Å². The molecule has 32 heavy (non-hydrogen) atoms. The second kappa shape index (κ2) is 9.21. The van der Waals surface area contributed by atoms with Gasteiger partial charge in [-0.05, 0) is 29.8 Å². The van der Waals surface area contributed by atoms with Crippen molar-refractivity contribution in [1.29, 1.82) is 0 Å². The number of pyridine rings is 1. The number of hydrogen-bond acceptors (Lipinski definition) is 6. The maximum Gasteiger partial charge on any atom is 0.323 e. The fraction of sp³-hybridized carbons (Fsp3) is 0.136. The summed E-state index contributed by atoms with van der Waals surface area (Å²) in [6, 6.07) is 11.7. The van der Waals surface area contributed by atoms with Crippen LogP contribution in [0.5, 0.6) is 17.2 Å². The topological polar surface area (TPSA) is 125 Å². The number of urea groups is 1. The Morgan fingerprint density at radius 1 is 1.09 bits per heavy atom. The van der Waals surface area contributed by atoms with Gasteiger partial charge in [0.1, 0.15) is 37.1 Å². The van der Waals surface area contributed by atoms with Gasteiger partial charge in [-0.25, -0.2) is 9.18 Å². The van der Waals surface area contributed by atoms with Crippen molar-refractivity contribution in [2.24, 2.45) is 5.73 Å². The Morgan fingerprint density at radius 2 is 1.94 bits per heavy atom. The van der Waals surface area contributed by atoms with Crippen molar-refractivity contribution in [2.45, 2.75) is 6.61 Å². The number of rotatable bonds is 6. The SMILES string of the molecule is NC(=O)c1cc(COc2cccc(NC(=O)Nc3cc(F)cc4c3OCCO4)c2)ccn1. The molecule has 0 saturated carbocycles. The highest BCUT2D eigenvalue weighted by Gasteiger charge is 2.19. The zero-order chi connectivity index (χ0) is 22.5. The molecule has 0 atom stereocenters. The molecule has 1 aliphatic rings. The van der Waals surface area contributed by atoms with Gasteiger partial charge in [0, 0.05) is 30.1 Å². The van der Waals surface area contributed by atoms with Crippen LogP contribution < -0.4 is 30.6 Å². The summed E-state index contributed by atoms with van der Waals surface area (Å²) in [6.45, 7) is 0.774. The Labute approximate surface area is 182 Å². The first-order valence-electron chi connectivity index (χ1n) is 9.63. The molecule has 0 unspecified atom stereocenters. The number of fused-ring (bicyclic) bond motifs is 1. The monoisotopic (exact) mass is 438 g/mol. The van der Waals surface area contributed by atoms with E-state index in [-0.39, 0.29) is 29.5 Å². The van der Waals surface area contributed by atoms with Crippen molar-refractivity contribution < 1.29 is 28.2 Å². The van der Waals surface area contributed by atoms with E-state index in [1.807, 2.05) is 0 Å². The third-order valence-corrected chi connectivity index (χ3v) is 4.43. The standard InChI is InChI=1S/C22H19FN4O5/c23-14-9-17(20-19(10-14)30-6-7-31-20)27-22(29)26-15-2-1-3-16(11-15)32-12-13-4-5-25-18(8-13)21(24)28/h1-5,8-11H,6-7,12H2,(H2,24,28)(H2,26,27,29). The molecule has 0 fully saturated rings. The Kier molecular flexibility index (Phi) is 6.02. The summed E-state index contributed by atoms with van der Waals surface area (Å²) in [5.41, 5.74) is 6.70. The van der Waals surface area contributed by atoms with E-state index in [4.69, 9.17) is 19.9 Å². The average Bonchev–Trinajstić information content (AvgIpc) is 2.78. The number of primary amides is 1. The Morgan fingerprint density at radius 3 is 2.78 bits per heavy atom. The van der Waals surface area contributed by atoms with Gasteiger partial charge in [0.05, 0.1) is 5.69 Å². The van der Waals surface area contributed by atoms with Crippen molar-refractivity contribution in [3.63, 3.8) is 0 Å². The zero-order valence-electron chi connectivity index (χ0n) is 16.8. The predicted molar refractivity (Wildman–Crippen MR) is 114 cm³/mol. The first-order chi connectivity index (χ1) is 15.5. The van der Waals surface area contributed by atoms with E-state index >= 15 is 0 Å². The molecule has 3 amide bonds. The molecule has 1 aromatic heterocycles. The molecular formula is C22H19FN4O5. The minimum absolute atomic E-state index is 0.145. The van der Waals surface area contributed by atoms with Gasteiger partial charge in [-0.3, -0.25) is 9.78 Å². The number of halogens is 1. The highest BCUT2D eigenvalue weighted by atomic mass is 19.1. The van der Waals surface area contributed by atoms with Gasteiger partial charge in [-0.15, -0.1) is 0 Å². The number of benzene rings is 2. The molecular weight excluding hydrogens is 419 g/mol. The normalized spacial score (nSPS) is 12.0. The number of carbonyl (C=O) groups is 2. The lowest BCUT2D eigenvalue weighted by molar-refractivity contribution is 0.0995. The first kappa shape index (κ1) is 20.9. The van der Waals surface area contributed by atoms with E-state index in [0.717, 1.165) is 6.07 Å². The number of aromatic nitrogens is 1. The molecule has 0 bridgehead atoms. The van der Waals surface area contributed by atoms with E-state index in [1.165, 1.54) is 12.3 Å². The quantitative estimate of drug-likeness (QED) is 0.542. The van der Waals surface area contributed by atoms with E-state index in [1.54, 1.807) is 36.4 Å². The lowest BCUT2D eigenvalue weighted by atomic mass is 10.2. The number of hydrogen-bond donors (Lipinski definition) is 3. The maximum absolute atomic E-state index is 13.8. The third kappa shape index (κ3) is 5.04. The van der Waals surface area contributed by atoms with Crippen molar-refractivity contribution in [2.75, 3.05) is 23.8 Å². The van der Waals surface area contributed by atoms with Crippen LogP contribution in [0.15, 0.2) is 54.7 Å². The van der Waals surface area contributed by atoms with Gasteiger partial charge < -0.3 is 30.6 Å². The molecule has 1 aliphatic heterocycles. The highest BCUT2D eigenvalue weighted by Crippen LogP contribution is 2.38. The third-order valence-electron chi connectivity index (χ3n) is 4.43. The molecule has 2 aromatic carbocycles. The predicted octanol–water partition coefficient (Wildman–Crippen LogP) is 3.31. The molecule has 4 N–H and O–H groups in total. The number of nitrogens with zero attached hydrogens (tertiary/aromatic N) is 1. The van der Waals surface area contributed by atoms with Crippen LogP contribution in [-0.4, -0.2) is 30.1 Å². The number of carbonyl (C=O) groups excluding carboxylic acids is 2. The smallest absolute Gasteiger partial charge is 0.323 e. The number of ether oxygens (including phenoxy) is 3. The van der Waals surface area contributed by atoms with Crippen LogP contribution in [0.3, 0.4) is 0 Å². The van der Waals surface area contributed by atoms with E-state index < -0.39 is 17.8 Å². The van der Waals surface area contributed by atoms with Crippen LogP contribution in [0.2, 0.25) is 0 Å². The Balaban J connectivity index is 1.40. The van der Waals surface area contributed by atoms with Crippen LogP contribution in [0.1, 0.15) is 16.1 Å². The summed E-state index contributed by atoms with van der Waals surface area (Å²) in [5, 5.41) is 5.23. The first-order valence-corrected chi connectivity index (χ1v) is 9.63. The summed E-state index contributed by atoms with van der Waals surface area (Å²) in [4.78, 5) is 27.6. The number of nitrogens with two attached hydrogens (primary N) is 1. The molecule has 0 radical (unpaired) electrons. The van der Waals surface area contributed by atoms with Gasteiger partial charge >= 0.3 is 6.03 Å². The lowest BCUT2D eigenvalue weighted by Gasteiger charge is -2.21. The molecule has 9 nitrogen and oxygen atoms in total. The minimum Gasteiger partial charge on any atom is -0.489 e. The highest BCUT2D eigenvalue weighted by molar-refractivity contribution is 6.01. The lowest BCUT2D eigenvalue weighted by Crippen LogP contribution is -2.22. The van der Waals surface area contributed by atoms with Gasteiger partial charge in [0.25, 0.3) is 5.91 Å². The number of anilines is 2. The maximum atomic E-state index is 13.8. The molecule has 0 aliphatic carbocycles. The summed E-state index contributed by atoms with van der Waals surface area (Å²) in [7, 11) is 0. The minimum atomic E-state index is -0.624. The average molecular weight is 438 g/mol. The van der Waals surface area contributed by atoms with Gasteiger partial charge in [0.2, 0.25) is 0 Å². The van der Waals surface area contributed by atoms with E-state index in [0.29, 0.717) is 30.2 Å². The van der Waals surface area contributed by atoms with E-state index in [9.17, 15) is 14.0 Å². The van der Waals surface area contributed by atoms with Gasteiger partial charge in [-0.1, -0.05) is 6.07 Å². The molecule has 2 heterocycles. The molecule has 10 heteroatoms. The van der Waals surface area contributed by atoms with Crippen molar-refractivity contribution in [3.05, 3.63) is 71.8 Å². The molecule has 164 valence electrons. The van der Waals surface area contributed by atoms with Crippen molar-refractivity contribution >= 4 is 23.3 Å². The van der Waals surface area contributed by atoms with E-state index in [2.05, 4.69) is 15.6 Å². The van der Waals surface area contributed by atoms with Gasteiger partial charge in [-0.2, -0.15) is 0 Å². The fourth-order valence-electron chi connectivity index (χ4n) is 3.03. The zero-order valence-corrected chi connectivity index (χ0v) is 16.8. The summed E-state index contributed by atoms with van der Waals surface area (Å²) < 4.78 is 30.4. The molecule has 0 spiro atoms. The van der Waals surface area contributed by atoms with Crippen LogP contribution in [-0.2, 0) is 6.61 Å². The molecule has 4 rings (SSSR count). The van der Waals surface area contributed by atoms with Crippen molar-refractivity contribution in [1.82, 2.24) is 4.98 Å². The second-order valence-electron chi connectivity index (χ2n) is 6.79. The summed E-state index contributed by atoms with van der Waals surface area (Å²) in [5.74, 6) is -0.189. The largest absolute Gasteiger partial charge is 0.489 e. The molecule has 0 saturated heterocycles. The molecule has 3 aromatic rings. The van der Waals surface area contributed by atoms with Crippen LogP contribution in [0, 0.1) is 5.82 Å². The van der Waals surface area contributed by atoms with Crippen LogP contribution in [0.4, 0.5) is 20.6 Å². The van der Waals surface area contributed by atoms with Crippen LogP contribution >= 0.6 is 0 Å². The van der Waals surface area contributed by atoms with Crippen molar-refractivity contribution in [3.8, 4) is 17.2 Å². The fourth-order valence-corrected chi connectivity index (χ4v) is 3.03. The number of nitrogens with one attached hydrogen (secondary N) is 2. The second-order valence-corrected chi connectivity index (χ2v) is 6.79. The van der Waals surface area contributed by atoms with Crippen LogP contribution in [0.25, 0.3) is 0 Å². The Hall–Kier alpha value is -4.34. The summed E-state index contributed by atoms with van der Waals surface area (Å²) >= 11 is 0.